The summed E-state index contributed by atoms with van der Waals surface area (Å²) in [5.41, 5.74) is 6.52. The van der Waals surface area contributed by atoms with Gasteiger partial charge in [0.2, 0.25) is 5.91 Å². The Hall–Kier alpha value is -1.66. The van der Waals surface area contributed by atoms with Gasteiger partial charge in [0.05, 0.1) is 12.3 Å². The van der Waals surface area contributed by atoms with Crippen LogP contribution in [0.5, 0.6) is 0 Å². The number of anilines is 1. The van der Waals surface area contributed by atoms with Gasteiger partial charge in [0.25, 0.3) is 0 Å². The van der Waals surface area contributed by atoms with Gasteiger partial charge in [-0.2, -0.15) is 0 Å². The molecule has 3 N–H and O–H groups in total. The van der Waals surface area contributed by atoms with E-state index in [1.54, 1.807) is 12.3 Å². The molecule has 0 aromatic carbocycles. The van der Waals surface area contributed by atoms with Crippen molar-refractivity contribution in [2.45, 2.75) is 26.3 Å². The number of hydrogen-bond acceptors (Lipinski definition) is 5. The van der Waals surface area contributed by atoms with E-state index in [0.717, 1.165) is 0 Å². The highest BCUT2D eigenvalue weighted by Gasteiger charge is 2.16. The Morgan fingerprint density at radius 1 is 1.58 bits per heavy atom. The lowest BCUT2D eigenvalue weighted by Crippen LogP contribution is -2.36. The first-order chi connectivity index (χ1) is 9.06. The lowest BCUT2D eigenvalue weighted by atomic mass is 10.0. The quantitative estimate of drug-likeness (QED) is 0.881. The van der Waals surface area contributed by atoms with Gasteiger partial charge in [-0.3, -0.25) is 4.79 Å². The highest BCUT2D eigenvalue weighted by atomic mass is 32.1. The van der Waals surface area contributed by atoms with Crippen molar-refractivity contribution in [3.05, 3.63) is 23.8 Å². The summed E-state index contributed by atoms with van der Waals surface area (Å²) in [6.45, 7) is 4.07. The molecule has 0 spiro atoms. The van der Waals surface area contributed by atoms with E-state index in [0.29, 0.717) is 28.9 Å². The zero-order valence-electron chi connectivity index (χ0n) is 10.9. The van der Waals surface area contributed by atoms with Crippen LogP contribution >= 0.6 is 11.3 Å². The number of carbonyl (C=O) groups is 1. The van der Waals surface area contributed by atoms with E-state index >= 15 is 0 Å². The fourth-order valence-corrected chi connectivity index (χ4v) is 2.38. The second-order valence-corrected chi connectivity index (χ2v) is 5.60. The van der Waals surface area contributed by atoms with Gasteiger partial charge < -0.3 is 15.5 Å². The maximum Gasteiger partial charge on any atom is 0.243 e. The van der Waals surface area contributed by atoms with Gasteiger partial charge in [-0.15, -0.1) is 11.3 Å². The standard InChI is InChI=1S/C13H17N3O2S/c1-8(2)6-9(14)12(17)16-13-15-10(7-19-13)11-4-3-5-18-11/h3-5,7-9H,6,14H2,1-2H3,(H,15,16,17)/t9-/m0/s1. The summed E-state index contributed by atoms with van der Waals surface area (Å²) in [7, 11) is 0. The number of furan rings is 1. The number of nitrogens with one attached hydrogen (secondary N) is 1. The van der Waals surface area contributed by atoms with Crippen LogP contribution < -0.4 is 11.1 Å². The fourth-order valence-electron chi connectivity index (χ4n) is 1.68. The zero-order chi connectivity index (χ0) is 13.8. The van der Waals surface area contributed by atoms with Crippen LogP contribution in [0.2, 0.25) is 0 Å². The number of hydrogen-bond donors (Lipinski definition) is 2. The van der Waals surface area contributed by atoms with Gasteiger partial charge in [0, 0.05) is 5.38 Å². The third kappa shape index (κ3) is 3.65. The number of aromatic nitrogens is 1. The minimum atomic E-state index is -0.504. The molecule has 1 atom stereocenters. The molecule has 102 valence electrons. The van der Waals surface area contributed by atoms with Crippen molar-refractivity contribution >= 4 is 22.4 Å². The molecular weight excluding hydrogens is 262 g/mol. The Morgan fingerprint density at radius 2 is 2.37 bits per heavy atom. The molecule has 1 amide bonds. The van der Waals surface area contributed by atoms with E-state index in [2.05, 4.69) is 10.3 Å². The molecule has 0 bridgehead atoms. The topological polar surface area (TPSA) is 81.2 Å². The molecule has 2 aromatic rings. The Labute approximate surface area is 115 Å². The van der Waals surface area contributed by atoms with Crippen molar-refractivity contribution in [1.29, 1.82) is 0 Å². The molecular formula is C13H17N3O2S. The maximum atomic E-state index is 11.9. The molecule has 2 rings (SSSR count). The molecule has 6 heteroatoms. The number of nitrogens with two attached hydrogens (primary N) is 1. The second-order valence-electron chi connectivity index (χ2n) is 4.74. The predicted octanol–water partition coefficient (Wildman–Crippen LogP) is 2.72. The van der Waals surface area contributed by atoms with Gasteiger partial charge in [-0.25, -0.2) is 4.98 Å². The minimum absolute atomic E-state index is 0.200. The summed E-state index contributed by atoms with van der Waals surface area (Å²) in [6, 6.07) is 3.12. The largest absolute Gasteiger partial charge is 0.463 e. The summed E-state index contributed by atoms with van der Waals surface area (Å²) >= 11 is 1.35. The number of rotatable bonds is 5. The molecule has 5 nitrogen and oxygen atoms in total. The van der Waals surface area contributed by atoms with Gasteiger partial charge >= 0.3 is 0 Å². The molecule has 0 aliphatic heterocycles. The van der Waals surface area contributed by atoms with E-state index in [1.165, 1.54) is 11.3 Å². The SMILES string of the molecule is CC(C)C[C@H](N)C(=O)Nc1nc(-c2ccco2)cs1. The van der Waals surface area contributed by atoms with Crippen molar-refractivity contribution in [2.24, 2.45) is 11.7 Å². The number of carbonyl (C=O) groups excluding carboxylic acids is 1. The van der Waals surface area contributed by atoms with Gasteiger partial charge in [-0.05, 0) is 24.5 Å². The Kier molecular flexibility index (Phi) is 4.34. The van der Waals surface area contributed by atoms with E-state index in [4.69, 9.17) is 10.2 Å². The molecule has 2 heterocycles. The van der Waals surface area contributed by atoms with Crippen LogP contribution in [-0.4, -0.2) is 16.9 Å². The summed E-state index contributed by atoms with van der Waals surface area (Å²) in [5.74, 6) is 0.869. The molecule has 19 heavy (non-hydrogen) atoms. The van der Waals surface area contributed by atoms with Crippen LogP contribution in [0.15, 0.2) is 28.2 Å². The Morgan fingerprint density at radius 3 is 3.00 bits per heavy atom. The Bertz CT molecular complexity index is 534. The maximum absolute atomic E-state index is 11.9. The zero-order valence-corrected chi connectivity index (χ0v) is 11.7. The highest BCUT2D eigenvalue weighted by molar-refractivity contribution is 7.14. The average molecular weight is 279 g/mol. The van der Waals surface area contributed by atoms with Crippen LogP contribution in [-0.2, 0) is 4.79 Å². The smallest absolute Gasteiger partial charge is 0.243 e. The van der Waals surface area contributed by atoms with Crippen LogP contribution in [0, 0.1) is 5.92 Å². The van der Waals surface area contributed by atoms with Gasteiger partial charge in [-0.1, -0.05) is 13.8 Å². The summed E-state index contributed by atoms with van der Waals surface area (Å²) in [5, 5.41) is 5.10. The average Bonchev–Trinajstić information content (AvgIpc) is 2.96. The summed E-state index contributed by atoms with van der Waals surface area (Å²) < 4.78 is 5.24. The number of amides is 1. The van der Waals surface area contributed by atoms with Gasteiger partial charge in [0.15, 0.2) is 10.9 Å². The molecule has 0 saturated heterocycles. The highest BCUT2D eigenvalue weighted by Crippen LogP contribution is 2.25. The normalized spacial score (nSPS) is 12.6. The first kappa shape index (κ1) is 13.8. The molecule has 0 saturated carbocycles. The van der Waals surface area contributed by atoms with E-state index in [9.17, 15) is 4.79 Å². The third-order valence-electron chi connectivity index (χ3n) is 2.57. The van der Waals surface area contributed by atoms with Gasteiger partial charge in [0.1, 0.15) is 5.69 Å². The summed E-state index contributed by atoms with van der Waals surface area (Å²) in [6.07, 6.45) is 2.24. The van der Waals surface area contributed by atoms with Crippen molar-refractivity contribution in [3.8, 4) is 11.5 Å². The molecule has 0 unspecified atom stereocenters. The van der Waals surface area contributed by atoms with Crippen LogP contribution in [0.4, 0.5) is 5.13 Å². The van der Waals surface area contributed by atoms with E-state index in [1.807, 2.05) is 25.3 Å². The lowest BCUT2D eigenvalue weighted by Gasteiger charge is -2.12. The van der Waals surface area contributed by atoms with Crippen LogP contribution in [0.3, 0.4) is 0 Å². The van der Waals surface area contributed by atoms with Crippen molar-refractivity contribution in [3.63, 3.8) is 0 Å². The van der Waals surface area contributed by atoms with Crippen molar-refractivity contribution in [2.75, 3.05) is 5.32 Å². The van der Waals surface area contributed by atoms with Crippen LogP contribution in [0.1, 0.15) is 20.3 Å². The van der Waals surface area contributed by atoms with Crippen molar-refractivity contribution in [1.82, 2.24) is 4.98 Å². The number of thiazole rings is 1. The molecule has 0 radical (unpaired) electrons. The van der Waals surface area contributed by atoms with Crippen LogP contribution in [0.25, 0.3) is 11.5 Å². The second kappa shape index (κ2) is 5.99. The van der Waals surface area contributed by atoms with E-state index in [-0.39, 0.29) is 5.91 Å². The monoisotopic (exact) mass is 279 g/mol. The number of nitrogens with zero attached hydrogens (tertiary/aromatic N) is 1. The predicted molar refractivity (Wildman–Crippen MR) is 75.9 cm³/mol. The molecule has 2 aromatic heterocycles. The van der Waals surface area contributed by atoms with E-state index < -0.39 is 6.04 Å². The molecule has 0 aliphatic carbocycles. The first-order valence-electron chi connectivity index (χ1n) is 6.12. The van der Waals surface area contributed by atoms with Crippen molar-refractivity contribution < 1.29 is 9.21 Å². The molecule has 0 fully saturated rings. The Balaban J connectivity index is 1.98. The minimum Gasteiger partial charge on any atom is -0.463 e. The third-order valence-corrected chi connectivity index (χ3v) is 3.33. The lowest BCUT2D eigenvalue weighted by molar-refractivity contribution is -0.117. The fraction of sp³-hybridized carbons (Fsp3) is 0.385. The first-order valence-corrected chi connectivity index (χ1v) is 7.00. The summed E-state index contributed by atoms with van der Waals surface area (Å²) in [4.78, 5) is 16.1. The molecule has 0 aliphatic rings.